The minimum Gasteiger partial charge on any atom is -0.356 e. The number of benzene rings is 3. The molecule has 7 heteroatoms. The molecule has 1 amide bonds. The van der Waals surface area contributed by atoms with Gasteiger partial charge in [-0.15, -0.1) is 10.2 Å². The summed E-state index contributed by atoms with van der Waals surface area (Å²) in [5.41, 5.74) is 4.04. The SMILES string of the molecule is CC(Sc1nnc(NCc2ccccc2)s1)C(=O)Nc1ccccc1-c1ccccc1. The first-order valence-electron chi connectivity index (χ1n) is 9.92. The van der Waals surface area contributed by atoms with E-state index in [0.717, 1.165) is 26.3 Å². The standard InChI is InChI=1S/C24H22N4OS2/c1-17(30-24-28-27-23(31-24)25-16-18-10-4-2-5-11-18)22(29)26-21-15-9-8-14-20(21)19-12-6-3-7-13-19/h2-15,17H,16H2,1H3,(H,25,27)(H,26,29). The number of nitrogens with one attached hydrogen (secondary N) is 2. The molecule has 4 aromatic rings. The van der Waals surface area contributed by atoms with Gasteiger partial charge in [-0.05, 0) is 24.1 Å². The van der Waals surface area contributed by atoms with E-state index < -0.39 is 0 Å². The molecule has 1 atom stereocenters. The highest BCUT2D eigenvalue weighted by Gasteiger charge is 2.18. The Morgan fingerprint density at radius 1 is 0.935 bits per heavy atom. The largest absolute Gasteiger partial charge is 0.356 e. The molecule has 0 spiro atoms. The number of thioether (sulfide) groups is 1. The molecule has 0 fully saturated rings. The number of amides is 1. The van der Waals surface area contributed by atoms with E-state index in [4.69, 9.17) is 0 Å². The second-order valence-corrected chi connectivity index (χ2v) is 9.44. The summed E-state index contributed by atoms with van der Waals surface area (Å²) >= 11 is 2.86. The maximum Gasteiger partial charge on any atom is 0.237 e. The molecule has 0 aliphatic heterocycles. The first-order chi connectivity index (χ1) is 15.2. The molecule has 156 valence electrons. The minimum atomic E-state index is -0.307. The third-order valence-electron chi connectivity index (χ3n) is 4.61. The van der Waals surface area contributed by atoms with Crippen molar-refractivity contribution in [1.82, 2.24) is 10.2 Å². The van der Waals surface area contributed by atoms with Crippen LogP contribution in [-0.2, 0) is 11.3 Å². The van der Waals surface area contributed by atoms with Crippen LogP contribution in [0.4, 0.5) is 10.8 Å². The van der Waals surface area contributed by atoms with E-state index in [0.29, 0.717) is 6.54 Å². The van der Waals surface area contributed by atoms with Crippen LogP contribution in [0.3, 0.4) is 0 Å². The molecule has 1 aromatic heterocycles. The summed E-state index contributed by atoms with van der Waals surface area (Å²) in [4.78, 5) is 12.8. The van der Waals surface area contributed by atoms with Gasteiger partial charge in [-0.1, -0.05) is 102 Å². The monoisotopic (exact) mass is 446 g/mol. The Morgan fingerprint density at radius 3 is 2.39 bits per heavy atom. The van der Waals surface area contributed by atoms with Crippen molar-refractivity contribution in [1.29, 1.82) is 0 Å². The average Bonchev–Trinajstić information content (AvgIpc) is 3.26. The van der Waals surface area contributed by atoms with E-state index in [2.05, 4.69) is 33.0 Å². The van der Waals surface area contributed by atoms with E-state index in [1.807, 2.05) is 79.7 Å². The van der Waals surface area contributed by atoms with Crippen LogP contribution in [0.15, 0.2) is 89.3 Å². The number of para-hydroxylation sites is 1. The van der Waals surface area contributed by atoms with Crippen LogP contribution in [-0.4, -0.2) is 21.4 Å². The number of anilines is 2. The number of hydrogen-bond acceptors (Lipinski definition) is 6. The summed E-state index contributed by atoms with van der Waals surface area (Å²) in [6, 6.07) is 28.0. The Bertz CT molecular complexity index is 1130. The Kier molecular flexibility index (Phi) is 6.96. The van der Waals surface area contributed by atoms with Crippen LogP contribution in [0.1, 0.15) is 12.5 Å². The van der Waals surface area contributed by atoms with E-state index in [9.17, 15) is 4.79 Å². The maximum absolute atomic E-state index is 12.8. The molecule has 0 saturated carbocycles. The number of nitrogens with zero attached hydrogens (tertiary/aromatic N) is 2. The summed E-state index contributed by atoms with van der Waals surface area (Å²) in [6.07, 6.45) is 0. The second-order valence-electron chi connectivity index (χ2n) is 6.87. The van der Waals surface area contributed by atoms with Gasteiger partial charge in [-0.2, -0.15) is 0 Å². The van der Waals surface area contributed by atoms with Crippen molar-refractivity contribution in [2.24, 2.45) is 0 Å². The summed E-state index contributed by atoms with van der Waals surface area (Å²) in [5, 5.41) is 15.2. The molecule has 4 rings (SSSR count). The van der Waals surface area contributed by atoms with E-state index in [-0.39, 0.29) is 11.2 Å². The Labute approximate surface area is 189 Å². The highest BCUT2D eigenvalue weighted by atomic mass is 32.2. The predicted molar refractivity (Wildman–Crippen MR) is 130 cm³/mol. The van der Waals surface area contributed by atoms with E-state index in [1.54, 1.807) is 0 Å². The highest BCUT2D eigenvalue weighted by molar-refractivity contribution is 8.02. The van der Waals surface area contributed by atoms with Crippen LogP contribution in [0.2, 0.25) is 0 Å². The van der Waals surface area contributed by atoms with Crippen LogP contribution >= 0.6 is 23.1 Å². The van der Waals surface area contributed by atoms with Gasteiger partial charge in [0.05, 0.1) is 5.25 Å². The Balaban J connectivity index is 1.36. The summed E-state index contributed by atoms with van der Waals surface area (Å²) in [5.74, 6) is -0.0672. The number of rotatable bonds is 8. The number of carbonyl (C=O) groups excluding carboxylic acids is 1. The van der Waals surface area contributed by atoms with Gasteiger partial charge in [-0.25, -0.2) is 0 Å². The van der Waals surface area contributed by atoms with Crippen LogP contribution in [0, 0.1) is 0 Å². The molecule has 2 N–H and O–H groups in total. The molecule has 3 aromatic carbocycles. The average molecular weight is 447 g/mol. The lowest BCUT2D eigenvalue weighted by Gasteiger charge is -2.14. The van der Waals surface area contributed by atoms with Crippen molar-refractivity contribution >= 4 is 39.8 Å². The first-order valence-corrected chi connectivity index (χ1v) is 11.6. The molecule has 5 nitrogen and oxygen atoms in total. The quantitative estimate of drug-likeness (QED) is 0.328. The molecule has 0 radical (unpaired) electrons. The molecule has 0 saturated heterocycles. The second kappa shape index (κ2) is 10.2. The molecule has 0 aliphatic carbocycles. The zero-order valence-electron chi connectivity index (χ0n) is 17.0. The lowest BCUT2D eigenvalue weighted by atomic mass is 10.0. The van der Waals surface area contributed by atoms with Gasteiger partial charge in [-0.3, -0.25) is 4.79 Å². The fourth-order valence-corrected chi connectivity index (χ4v) is 4.89. The third-order valence-corrected chi connectivity index (χ3v) is 6.67. The van der Waals surface area contributed by atoms with Crippen molar-refractivity contribution in [3.63, 3.8) is 0 Å². The zero-order valence-corrected chi connectivity index (χ0v) is 18.6. The minimum absolute atomic E-state index is 0.0672. The van der Waals surface area contributed by atoms with Gasteiger partial charge in [0.2, 0.25) is 11.0 Å². The molecule has 1 heterocycles. The fourth-order valence-electron chi connectivity index (χ4n) is 3.00. The van der Waals surface area contributed by atoms with E-state index in [1.165, 1.54) is 28.7 Å². The van der Waals surface area contributed by atoms with Crippen LogP contribution < -0.4 is 10.6 Å². The number of aromatic nitrogens is 2. The molecular weight excluding hydrogens is 424 g/mol. The normalized spacial score (nSPS) is 11.6. The topological polar surface area (TPSA) is 66.9 Å². The smallest absolute Gasteiger partial charge is 0.237 e. The number of carbonyl (C=O) groups is 1. The van der Waals surface area contributed by atoms with Gasteiger partial charge in [0.15, 0.2) is 4.34 Å². The predicted octanol–water partition coefficient (Wildman–Crippen LogP) is 5.94. The maximum atomic E-state index is 12.8. The van der Waals surface area contributed by atoms with E-state index >= 15 is 0 Å². The Hall–Kier alpha value is -3.16. The lowest BCUT2D eigenvalue weighted by Crippen LogP contribution is -2.22. The third kappa shape index (κ3) is 5.71. The van der Waals surface area contributed by atoms with Gasteiger partial charge in [0.1, 0.15) is 0 Å². The molecule has 31 heavy (non-hydrogen) atoms. The molecule has 0 aliphatic rings. The molecule has 0 bridgehead atoms. The summed E-state index contributed by atoms with van der Waals surface area (Å²) < 4.78 is 0.759. The van der Waals surface area contributed by atoms with Gasteiger partial charge >= 0.3 is 0 Å². The van der Waals surface area contributed by atoms with Crippen molar-refractivity contribution in [3.8, 4) is 11.1 Å². The lowest BCUT2D eigenvalue weighted by molar-refractivity contribution is -0.115. The Morgan fingerprint density at radius 2 is 1.61 bits per heavy atom. The van der Waals surface area contributed by atoms with Crippen molar-refractivity contribution in [2.75, 3.05) is 10.6 Å². The van der Waals surface area contributed by atoms with Crippen molar-refractivity contribution in [2.45, 2.75) is 23.1 Å². The highest BCUT2D eigenvalue weighted by Crippen LogP contribution is 2.31. The molecular formula is C24H22N4OS2. The zero-order chi connectivity index (χ0) is 21.5. The van der Waals surface area contributed by atoms with Gasteiger partial charge < -0.3 is 10.6 Å². The van der Waals surface area contributed by atoms with Crippen molar-refractivity contribution in [3.05, 3.63) is 90.5 Å². The first kappa shape index (κ1) is 21.1. The summed E-state index contributed by atoms with van der Waals surface area (Å²) in [6.45, 7) is 2.57. The van der Waals surface area contributed by atoms with Crippen LogP contribution in [0.5, 0.6) is 0 Å². The van der Waals surface area contributed by atoms with Gasteiger partial charge in [0.25, 0.3) is 0 Å². The number of hydrogen-bond donors (Lipinski definition) is 2. The molecule has 1 unspecified atom stereocenters. The van der Waals surface area contributed by atoms with Crippen LogP contribution in [0.25, 0.3) is 11.1 Å². The van der Waals surface area contributed by atoms with Crippen molar-refractivity contribution < 1.29 is 4.79 Å². The summed E-state index contributed by atoms with van der Waals surface area (Å²) in [7, 11) is 0. The fraction of sp³-hybridized carbons (Fsp3) is 0.125. The van der Waals surface area contributed by atoms with Gasteiger partial charge in [0, 0.05) is 17.8 Å².